The Morgan fingerprint density at radius 3 is 2.56 bits per heavy atom. The summed E-state index contributed by atoms with van der Waals surface area (Å²) in [5.74, 6) is 2.27. The molecule has 0 aliphatic heterocycles. The van der Waals surface area contributed by atoms with Crippen LogP contribution in [0, 0.1) is 13.8 Å². The van der Waals surface area contributed by atoms with Gasteiger partial charge in [-0.1, -0.05) is 6.07 Å². The summed E-state index contributed by atoms with van der Waals surface area (Å²) in [6.07, 6.45) is 0. The van der Waals surface area contributed by atoms with Crippen LogP contribution in [0.4, 0.5) is 0 Å². The molecule has 0 aliphatic rings. The average molecular weight is 504 g/mol. The van der Waals surface area contributed by atoms with Crippen LogP contribution in [0.5, 0.6) is 11.5 Å². The Morgan fingerprint density at radius 2 is 1.96 bits per heavy atom. The van der Waals surface area contributed by atoms with Gasteiger partial charge >= 0.3 is 0 Å². The molecule has 150 valence electrons. The van der Waals surface area contributed by atoms with Crippen LogP contribution in [0.1, 0.15) is 35.0 Å². The largest absolute Gasteiger partial charge is 0.493 e. The average Bonchev–Trinajstić information content (AvgIpc) is 2.95. The monoisotopic (exact) mass is 504 g/mol. The van der Waals surface area contributed by atoms with Crippen molar-refractivity contribution in [3.63, 3.8) is 0 Å². The van der Waals surface area contributed by atoms with E-state index in [2.05, 4.69) is 27.5 Å². The molecular weight excluding hydrogens is 475 g/mol. The van der Waals surface area contributed by atoms with Crippen molar-refractivity contribution in [3.05, 3.63) is 39.3 Å². The molecule has 6 nitrogen and oxygen atoms in total. The number of hydrogen-bond acceptors (Lipinski definition) is 5. The van der Waals surface area contributed by atoms with E-state index in [9.17, 15) is 0 Å². The first kappa shape index (κ1) is 23.5. The van der Waals surface area contributed by atoms with Gasteiger partial charge in [-0.3, -0.25) is 0 Å². The Morgan fingerprint density at radius 1 is 1.19 bits per heavy atom. The Kier molecular flexibility index (Phi) is 10.5. The second-order valence-corrected chi connectivity index (χ2v) is 7.00. The maximum atomic E-state index is 5.63. The lowest BCUT2D eigenvalue weighted by atomic mass is 10.2. The van der Waals surface area contributed by atoms with Gasteiger partial charge in [0, 0.05) is 11.4 Å². The van der Waals surface area contributed by atoms with Gasteiger partial charge in [0.25, 0.3) is 0 Å². The topological polar surface area (TPSA) is 67.8 Å². The lowest BCUT2D eigenvalue weighted by Gasteiger charge is -2.12. The summed E-state index contributed by atoms with van der Waals surface area (Å²) in [6.45, 7) is 10.8. The third-order valence-corrected chi connectivity index (χ3v) is 4.78. The van der Waals surface area contributed by atoms with E-state index < -0.39 is 0 Å². The fourth-order valence-corrected chi connectivity index (χ4v) is 3.38. The standard InChI is InChI=1S/C19H28N4O2S.HI/c1-6-20-19(22-12-18-13(3)23-14(4)26-18)21-11-15-8-9-16(24-5)17(10-15)25-7-2;/h8-10H,6-7,11-12H2,1-5H3,(H2,20,21,22);1H. The maximum Gasteiger partial charge on any atom is 0.191 e. The zero-order chi connectivity index (χ0) is 18.9. The highest BCUT2D eigenvalue weighted by Crippen LogP contribution is 2.28. The third kappa shape index (κ3) is 7.17. The molecule has 0 atom stereocenters. The number of nitrogens with zero attached hydrogens (tertiary/aromatic N) is 2. The third-order valence-electron chi connectivity index (χ3n) is 3.71. The molecule has 0 unspecified atom stereocenters. The number of aryl methyl sites for hydroxylation is 2. The van der Waals surface area contributed by atoms with Crippen molar-refractivity contribution >= 4 is 41.3 Å². The van der Waals surface area contributed by atoms with E-state index in [1.165, 1.54) is 4.88 Å². The first-order chi connectivity index (χ1) is 12.6. The van der Waals surface area contributed by atoms with Crippen LogP contribution in [-0.2, 0) is 13.1 Å². The van der Waals surface area contributed by atoms with Crippen LogP contribution in [0.25, 0.3) is 0 Å². The highest BCUT2D eigenvalue weighted by atomic mass is 127. The minimum Gasteiger partial charge on any atom is -0.493 e. The molecule has 2 rings (SSSR count). The van der Waals surface area contributed by atoms with Crippen molar-refractivity contribution in [3.8, 4) is 11.5 Å². The molecule has 0 saturated carbocycles. The molecule has 2 aromatic rings. The smallest absolute Gasteiger partial charge is 0.191 e. The molecule has 0 spiro atoms. The van der Waals surface area contributed by atoms with Gasteiger partial charge in [-0.05, 0) is 45.4 Å². The Balaban J connectivity index is 0.00000364. The molecule has 0 fully saturated rings. The number of methoxy groups -OCH3 is 1. The molecule has 0 radical (unpaired) electrons. The number of nitrogens with one attached hydrogen (secondary N) is 2. The van der Waals surface area contributed by atoms with E-state index in [1.54, 1.807) is 18.4 Å². The van der Waals surface area contributed by atoms with Crippen LogP contribution in [0.15, 0.2) is 23.2 Å². The van der Waals surface area contributed by atoms with E-state index in [1.807, 2.05) is 39.0 Å². The highest BCUT2D eigenvalue weighted by Gasteiger charge is 2.07. The molecule has 1 aromatic carbocycles. The summed E-state index contributed by atoms with van der Waals surface area (Å²) in [5.41, 5.74) is 2.14. The number of aliphatic imine (C=N–C) groups is 1. The predicted octanol–water partition coefficient (Wildman–Crippen LogP) is 4.04. The SMILES string of the molecule is CCNC(=NCc1ccc(OC)c(OCC)c1)NCc1sc(C)nc1C.I. The zero-order valence-corrected chi connectivity index (χ0v) is 19.7. The number of hydrogen-bond donors (Lipinski definition) is 2. The summed E-state index contributed by atoms with van der Waals surface area (Å²) in [7, 11) is 1.64. The van der Waals surface area contributed by atoms with Gasteiger partial charge in [0.05, 0.1) is 37.5 Å². The fraction of sp³-hybridized carbons (Fsp3) is 0.474. The summed E-state index contributed by atoms with van der Waals surface area (Å²) in [6, 6.07) is 5.90. The second kappa shape index (κ2) is 12.0. The number of ether oxygens (including phenoxy) is 2. The van der Waals surface area contributed by atoms with Gasteiger partial charge in [-0.2, -0.15) is 0 Å². The van der Waals surface area contributed by atoms with Crippen molar-refractivity contribution in [1.82, 2.24) is 15.6 Å². The van der Waals surface area contributed by atoms with E-state index in [-0.39, 0.29) is 24.0 Å². The van der Waals surface area contributed by atoms with Crippen LogP contribution in [0.3, 0.4) is 0 Å². The molecule has 0 amide bonds. The van der Waals surface area contributed by atoms with Crippen LogP contribution < -0.4 is 20.1 Å². The molecule has 0 bridgehead atoms. The first-order valence-electron chi connectivity index (χ1n) is 8.82. The zero-order valence-electron chi connectivity index (χ0n) is 16.6. The predicted molar refractivity (Wildman–Crippen MR) is 123 cm³/mol. The van der Waals surface area contributed by atoms with Crippen molar-refractivity contribution in [1.29, 1.82) is 0 Å². The van der Waals surface area contributed by atoms with Gasteiger partial charge < -0.3 is 20.1 Å². The molecule has 0 aliphatic carbocycles. The summed E-state index contributed by atoms with van der Waals surface area (Å²) in [4.78, 5) is 10.4. The van der Waals surface area contributed by atoms with Crippen molar-refractivity contribution in [2.45, 2.75) is 40.8 Å². The Hall–Kier alpha value is -1.55. The molecule has 1 heterocycles. The number of guanidine groups is 1. The molecule has 1 aromatic heterocycles. The fourth-order valence-electron chi connectivity index (χ4n) is 2.50. The summed E-state index contributed by atoms with van der Waals surface area (Å²) in [5, 5.41) is 7.74. The quantitative estimate of drug-likeness (QED) is 0.323. The molecule has 27 heavy (non-hydrogen) atoms. The van der Waals surface area contributed by atoms with Gasteiger partial charge in [-0.15, -0.1) is 35.3 Å². The van der Waals surface area contributed by atoms with Crippen LogP contribution in [-0.4, -0.2) is 31.2 Å². The maximum absolute atomic E-state index is 5.63. The van der Waals surface area contributed by atoms with E-state index in [0.29, 0.717) is 13.2 Å². The number of thiazole rings is 1. The minimum atomic E-state index is 0. The van der Waals surface area contributed by atoms with Crippen LogP contribution >= 0.6 is 35.3 Å². The summed E-state index contributed by atoms with van der Waals surface area (Å²) < 4.78 is 11.0. The minimum absolute atomic E-state index is 0. The number of benzene rings is 1. The van der Waals surface area contributed by atoms with Crippen molar-refractivity contribution in [2.24, 2.45) is 4.99 Å². The molecule has 2 N–H and O–H groups in total. The van der Waals surface area contributed by atoms with Crippen molar-refractivity contribution in [2.75, 3.05) is 20.3 Å². The normalized spacial score (nSPS) is 10.9. The highest BCUT2D eigenvalue weighted by molar-refractivity contribution is 14.0. The lowest BCUT2D eigenvalue weighted by molar-refractivity contribution is 0.310. The van der Waals surface area contributed by atoms with E-state index >= 15 is 0 Å². The second-order valence-electron chi connectivity index (χ2n) is 5.71. The Labute approximate surface area is 182 Å². The molecule has 8 heteroatoms. The number of aromatic nitrogens is 1. The van der Waals surface area contributed by atoms with Gasteiger partial charge in [0.1, 0.15) is 0 Å². The van der Waals surface area contributed by atoms with Gasteiger partial charge in [0.2, 0.25) is 0 Å². The lowest BCUT2D eigenvalue weighted by Crippen LogP contribution is -2.36. The molecule has 0 saturated heterocycles. The van der Waals surface area contributed by atoms with Crippen molar-refractivity contribution < 1.29 is 9.47 Å². The Bertz CT molecular complexity index is 749. The number of rotatable bonds is 8. The first-order valence-corrected chi connectivity index (χ1v) is 9.63. The summed E-state index contributed by atoms with van der Waals surface area (Å²) >= 11 is 1.71. The number of halogens is 1. The van der Waals surface area contributed by atoms with Crippen LogP contribution in [0.2, 0.25) is 0 Å². The van der Waals surface area contributed by atoms with E-state index in [0.717, 1.165) is 46.8 Å². The van der Waals surface area contributed by atoms with E-state index in [4.69, 9.17) is 9.47 Å². The van der Waals surface area contributed by atoms with Gasteiger partial charge in [-0.25, -0.2) is 9.98 Å². The van der Waals surface area contributed by atoms with Gasteiger partial charge in [0.15, 0.2) is 17.5 Å². The molecular formula is C19H29IN4O2S.